The van der Waals surface area contributed by atoms with E-state index in [-0.39, 0.29) is 5.82 Å². The van der Waals surface area contributed by atoms with Crippen LogP contribution in [-0.2, 0) is 6.54 Å². The number of nitrogens with zero attached hydrogens (tertiary/aromatic N) is 1. The molecule has 100 valence electrons. The van der Waals surface area contributed by atoms with Crippen LogP contribution in [0.1, 0.15) is 25.3 Å². The van der Waals surface area contributed by atoms with E-state index < -0.39 is 0 Å². The lowest BCUT2D eigenvalue weighted by Gasteiger charge is -2.37. The molecular weight excluding hydrogens is 251 g/mol. The van der Waals surface area contributed by atoms with Crippen molar-refractivity contribution >= 4 is 11.6 Å². The Hall–Kier alpha value is -0.640. The average molecular weight is 271 g/mol. The van der Waals surface area contributed by atoms with Crippen LogP contribution in [0.2, 0.25) is 5.02 Å². The first-order valence-corrected chi connectivity index (χ1v) is 6.86. The van der Waals surface area contributed by atoms with Gasteiger partial charge in [0.15, 0.2) is 0 Å². The first kappa shape index (κ1) is 13.8. The van der Waals surface area contributed by atoms with Gasteiger partial charge in [0.05, 0.1) is 0 Å². The van der Waals surface area contributed by atoms with E-state index in [9.17, 15) is 4.39 Å². The molecule has 0 amide bonds. The number of hydrogen-bond acceptors (Lipinski definition) is 2. The van der Waals surface area contributed by atoms with Gasteiger partial charge in [-0.25, -0.2) is 4.39 Å². The fraction of sp³-hybridized carbons (Fsp3) is 0.571. The summed E-state index contributed by atoms with van der Waals surface area (Å²) in [6.45, 7) is 4.74. The molecule has 1 aromatic carbocycles. The van der Waals surface area contributed by atoms with Gasteiger partial charge < -0.3 is 5.73 Å². The van der Waals surface area contributed by atoms with Crippen LogP contribution >= 0.6 is 11.6 Å². The lowest BCUT2D eigenvalue weighted by Crippen LogP contribution is -2.43. The molecule has 1 saturated heterocycles. The van der Waals surface area contributed by atoms with E-state index in [1.54, 1.807) is 6.07 Å². The van der Waals surface area contributed by atoms with Crippen molar-refractivity contribution in [3.8, 4) is 0 Å². The predicted molar refractivity (Wildman–Crippen MR) is 73.1 cm³/mol. The molecule has 1 aliphatic heterocycles. The van der Waals surface area contributed by atoms with Crippen LogP contribution in [-0.4, -0.2) is 24.0 Å². The van der Waals surface area contributed by atoms with Gasteiger partial charge in [-0.2, -0.15) is 0 Å². The molecule has 1 aliphatic rings. The van der Waals surface area contributed by atoms with Crippen molar-refractivity contribution in [2.24, 2.45) is 11.7 Å². The number of piperidine rings is 1. The van der Waals surface area contributed by atoms with Gasteiger partial charge in [0.2, 0.25) is 0 Å². The second kappa shape index (κ2) is 6.00. The number of halogens is 2. The summed E-state index contributed by atoms with van der Waals surface area (Å²) in [6, 6.07) is 5.16. The minimum absolute atomic E-state index is 0.282. The number of likely N-dealkylation sites (tertiary alicyclic amines) is 1. The Kier molecular flexibility index (Phi) is 4.60. The highest BCUT2D eigenvalue weighted by molar-refractivity contribution is 6.31. The minimum Gasteiger partial charge on any atom is -0.330 e. The van der Waals surface area contributed by atoms with Crippen LogP contribution in [0, 0.1) is 11.7 Å². The van der Waals surface area contributed by atoms with E-state index in [4.69, 9.17) is 17.3 Å². The highest BCUT2D eigenvalue weighted by Crippen LogP contribution is 2.25. The maximum atomic E-state index is 13.0. The number of hydrogen-bond donors (Lipinski definition) is 1. The molecule has 2 nitrogen and oxygen atoms in total. The zero-order valence-corrected chi connectivity index (χ0v) is 11.5. The van der Waals surface area contributed by atoms with E-state index in [1.165, 1.54) is 25.0 Å². The Morgan fingerprint density at radius 2 is 2.22 bits per heavy atom. The van der Waals surface area contributed by atoms with Crippen LogP contribution in [0.15, 0.2) is 18.2 Å². The predicted octanol–water partition coefficient (Wildman–Crippen LogP) is 3.04. The van der Waals surface area contributed by atoms with Gasteiger partial charge in [0.1, 0.15) is 5.82 Å². The average Bonchev–Trinajstić information content (AvgIpc) is 2.35. The first-order valence-electron chi connectivity index (χ1n) is 6.48. The molecule has 2 rings (SSSR count). The van der Waals surface area contributed by atoms with Crippen molar-refractivity contribution in [2.45, 2.75) is 32.4 Å². The summed E-state index contributed by atoms with van der Waals surface area (Å²) in [6.07, 6.45) is 2.37. The number of benzene rings is 1. The highest BCUT2D eigenvalue weighted by Gasteiger charge is 2.24. The Bertz CT molecular complexity index is 411. The minimum atomic E-state index is -0.282. The molecule has 4 heteroatoms. The fourth-order valence-electron chi connectivity index (χ4n) is 2.54. The van der Waals surface area contributed by atoms with Crippen LogP contribution in [0.5, 0.6) is 0 Å². The van der Waals surface area contributed by atoms with Crippen molar-refractivity contribution in [1.82, 2.24) is 4.90 Å². The van der Waals surface area contributed by atoms with Gasteiger partial charge in [-0.3, -0.25) is 4.90 Å². The largest absolute Gasteiger partial charge is 0.330 e. The van der Waals surface area contributed by atoms with Gasteiger partial charge >= 0.3 is 0 Å². The Morgan fingerprint density at radius 3 is 2.89 bits per heavy atom. The SMILES string of the molecule is CC1CCC(CN)CN1Cc1ccc(F)cc1Cl. The molecule has 0 spiro atoms. The summed E-state index contributed by atoms with van der Waals surface area (Å²) >= 11 is 6.08. The Morgan fingerprint density at radius 1 is 1.44 bits per heavy atom. The maximum Gasteiger partial charge on any atom is 0.124 e. The zero-order valence-electron chi connectivity index (χ0n) is 10.7. The third kappa shape index (κ3) is 3.22. The molecule has 1 heterocycles. The Labute approximate surface area is 113 Å². The quantitative estimate of drug-likeness (QED) is 0.915. The van der Waals surface area contributed by atoms with Gasteiger partial charge in [-0.05, 0) is 49.9 Å². The van der Waals surface area contributed by atoms with Gasteiger partial charge in [-0.1, -0.05) is 17.7 Å². The second-order valence-corrected chi connectivity index (χ2v) is 5.60. The van der Waals surface area contributed by atoms with Crippen LogP contribution in [0.25, 0.3) is 0 Å². The summed E-state index contributed by atoms with van der Waals surface area (Å²) in [5, 5.41) is 0.511. The van der Waals surface area contributed by atoms with E-state index in [1.807, 2.05) is 0 Å². The van der Waals surface area contributed by atoms with E-state index in [0.717, 1.165) is 25.2 Å². The third-order valence-electron chi connectivity index (χ3n) is 3.83. The maximum absolute atomic E-state index is 13.0. The summed E-state index contributed by atoms with van der Waals surface area (Å²) in [4.78, 5) is 2.39. The first-order chi connectivity index (χ1) is 8.60. The number of rotatable bonds is 3. The summed E-state index contributed by atoms with van der Waals surface area (Å²) in [5.74, 6) is 0.288. The summed E-state index contributed by atoms with van der Waals surface area (Å²) < 4.78 is 13.0. The zero-order chi connectivity index (χ0) is 13.1. The van der Waals surface area contributed by atoms with E-state index >= 15 is 0 Å². The molecular formula is C14H20ClFN2. The lowest BCUT2D eigenvalue weighted by atomic mass is 9.93. The van der Waals surface area contributed by atoms with Crippen molar-refractivity contribution in [3.05, 3.63) is 34.6 Å². The standard InChI is InChI=1S/C14H20ClFN2/c1-10-2-3-11(7-17)8-18(10)9-12-4-5-13(16)6-14(12)15/h4-6,10-11H,2-3,7-9,17H2,1H3. The summed E-state index contributed by atoms with van der Waals surface area (Å²) in [5.41, 5.74) is 6.74. The van der Waals surface area contributed by atoms with Gasteiger partial charge in [0.25, 0.3) is 0 Å². The van der Waals surface area contributed by atoms with Crippen molar-refractivity contribution < 1.29 is 4.39 Å². The molecule has 2 unspecified atom stereocenters. The molecule has 0 bridgehead atoms. The monoisotopic (exact) mass is 270 g/mol. The third-order valence-corrected chi connectivity index (χ3v) is 4.18. The van der Waals surface area contributed by atoms with E-state index in [2.05, 4.69) is 11.8 Å². The van der Waals surface area contributed by atoms with Crippen molar-refractivity contribution in [1.29, 1.82) is 0 Å². The van der Waals surface area contributed by atoms with E-state index in [0.29, 0.717) is 17.0 Å². The molecule has 2 N–H and O–H groups in total. The topological polar surface area (TPSA) is 29.3 Å². The lowest BCUT2D eigenvalue weighted by molar-refractivity contribution is 0.113. The molecule has 2 atom stereocenters. The highest BCUT2D eigenvalue weighted by atomic mass is 35.5. The number of nitrogens with two attached hydrogens (primary N) is 1. The fourth-order valence-corrected chi connectivity index (χ4v) is 2.77. The smallest absolute Gasteiger partial charge is 0.124 e. The molecule has 0 radical (unpaired) electrons. The molecule has 0 saturated carbocycles. The summed E-state index contributed by atoms with van der Waals surface area (Å²) in [7, 11) is 0. The Balaban J connectivity index is 2.07. The van der Waals surface area contributed by atoms with Crippen LogP contribution in [0.4, 0.5) is 4.39 Å². The molecule has 1 aromatic rings. The van der Waals surface area contributed by atoms with Crippen molar-refractivity contribution in [3.63, 3.8) is 0 Å². The normalized spacial score (nSPS) is 25.3. The van der Waals surface area contributed by atoms with Crippen LogP contribution < -0.4 is 5.73 Å². The van der Waals surface area contributed by atoms with Gasteiger partial charge in [0, 0.05) is 24.2 Å². The molecule has 0 aromatic heterocycles. The second-order valence-electron chi connectivity index (χ2n) is 5.19. The van der Waals surface area contributed by atoms with Crippen molar-refractivity contribution in [2.75, 3.05) is 13.1 Å². The molecule has 0 aliphatic carbocycles. The molecule has 18 heavy (non-hydrogen) atoms. The van der Waals surface area contributed by atoms with Crippen LogP contribution in [0.3, 0.4) is 0 Å². The molecule has 1 fully saturated rings. The van der Waals surface area contributed by atoms with Gasteiger partial charge in [-0.15, -0.1) is 0 Å².